The van der Waals surface area contributed by atoms with E-state index in [0.717, 1.165) is 13.2 Å². The summed E-state index contributed by atoms with van der Waals surface area (Å²) in [5, 5.41) is 0. The van der Waals surface area contributed by atoms with Gasteiger partial charge in [-0.3, -0.25) is 0 Å². The fourth-order valence-electron chi connectivity index (χ4n) is 0.791. The molecule has 1 aliphatic rings. The average Bonchev–Trinajstić information content (AvgIpc) is 2.49. The van der Waals surface area contributed by atoms with Gasteiger partial charge in [-0.15, -0.1) is 0 Å². The van der Waals surface area contributed by atoms with Crippen molar-refractivity contribution in [2.75, 3.05) is 20.3 Å². The van der Waals surface area contributed by atoms with E-state index in [9.17, 15) is 4.79 Å². The maximum absolute atomic E-state index is 10.2. The molecule has 4 nitrogen and oxygen atoms in total. The average molecular weight is 202 g/mol. The van der Waals surface area contributed by atoms with Crippen molar-refractivity contribution in [3.05, 3.63) is 12.2 Å². The van der Waals surface area contributed by atoms with Crippen LogP contribution in [0.25, 0.3) is 0 Å². The van der Waals surface area contributed by atoms with Crippen LogP contribution >= 0.6 is 0 Å². The molecule has 1 rings (SSSR count). The fraction of sp³-hybridized carbons (Fsp3) is 0.700. The molecular formula is C10H18O4. The third-order valence-corrected chi connectivity index (χ3v) is 1.52. The Bertz CT molecular complexity index is 200. The smallest absolute Gasteiger partial charge is 0.332 e. The number of esters is 1. The Morgan fingerprint density at radius 2 is 1.79 bits per heavy atom. The summed E-state index contributed by atoms with van der Waals surface area (Å²) in [6.07, 6.45) is 0. The van der Waals surface area contributed by atoms with Crippen LogP contribution in [-0.4, -0.2) is 32.1 Å². The van der Waals surface area contributed by atoms with E-state index in [-0.39, 0.29) is 11.8 Å². The van der Waals surface area contributed by atoms with Gasteiger partial charge in [0.15, 0.2) is 5.79 Å². The first kappa shape index (κ1) is 13.1. The lowest BCUT2D eigenvalue weighted by Crippen LogP contribution is -2.18. The molecule has 0 amide bonds. The Hall–Kier alpha value is -0.870. The van der Waals surface area contributed by atoms with Gasteiger partial charge >= 0.3 is 5.97 Å². The van der Waals surface area contributed by atoms with Crippen molar-refractivity contribution in [1.29, 1.82) is 0 Å². The number of hydrogen-bond acceptors (Lipinski definition) is 4. The molecule has 0 atom stereocenters. The molecule has 0 aromatic rings. The van der Waals surface area contributed by atoms with E-state index < -0.39 is 0 Å². The molecule has 0 saturated carbocycles. The molecule has 0 spiro atoms. The van der Waals surface area contributed by atoms with Crippen LogP contribution in [-0.2, 0) is 19.0 Å². The zero-order chi connectivity index (χ0) is 11.2. The number of ether oxygens (including phenoxy) is 3. The minimum Gasteiger partial charge on any atom is -0.466 e. The van der Waals surface area contributed by atoms with Crippen molar-refractivity contribution < 1.29 is 19.0 Å². The Kier molecular flexibility index (Phi) is 5.42. The first-order chi connectivity index (χ1) is 6.39. The molecular weight excluding hydrogens is 184 g/mol. The highest BCUT2D eigenvalue weighted by molar-refractivity contribution is 5.86. The zero-order valence-corrected chi connectivity index (χ0v) is 9.25. The molecule has 1 fully saturated rings. The Balaban J connectivity index is 0.000000241. The van der Waals surface area contributed by atoms with Gasteiger partial charge in [0.05, 0.1) is 20.3 Å². The quantitative estimate of drug-likeness (QED) is 0.477. The van der Waals surface area contributed by atoms with Gasteiger partial charge in [-0.2, -0.15) is 0 Å². The van der Waals surface area contributed by atoms with Gasteiger partial charge in [0.1, 0.15) is 0 Å². The molecule has 0 aliphatic carbocycles. The second-order valence-corrected chi connectivity index (χ2v) is 3.37. The summed E-state index contributed by atoms with van der Waals surface area (Å²) in [6, 6.07) is 0. The maximum Gasteiger partial charge on any atom is 0.332 e. The summed E-state index contributed by atoms with van der Waals surface area (Å²) in [5.41, 5.74) is 0.433. The summed E-state index contributed by atoms with van der Waals surface area (Å²) in [4.78, 5) is 10.2. The molecule has 82 valence electrons. The van der Waals surface area contributed by atoms with Gasteiger partial charge in [-0.05, 0) is 20.8 Å². The van der Waals surface area contributed by atoms with Crippen LogP contribution < -0.4 is 0 Å². The molecule has 4 heteroatoms. The van der Waals surface area contributed by atoms with Crippen LogP contribution in [0.4, 0.5) is 0 Å². The van der Waals surface area contributed by atoms with Crippen molar-refractivity contribution in [3.8, 4) is 0 Å². The van der Waals surface area contributed by atoms with Gasteiger partial charge in [-0.25, -0.2) is 4.79 Å². The number of rotatable bonds is 1. The molecule has 0 aromatic carbocycles. The van der Waals surface area contributed by atoms with E-state index in [0.29, 0.717) is 5.57 Å². The Labute approximate surface area is 84.8 Å². The standard InChI is InChI=1S/C5H10O2.C5H8O2/c1-5(2)6-3-4-7-5;1-4(2)5(6)7-3/h3-4H2,1-2H3;1H2,2-3H3. The van der Waals surface area contributed by atoms with Crippen molar-refractivity contribution >= 4 is 5.97 Å². The minimum absolute atomic E-state index is 0.306. The van der Waals surface area contributed by atoms with E-state index in [1.165, 1.54) is 7.11 Å². The Morgan fingerprint density at radius 1 is 1.36 bits per heavy atom. The summed E-state index contributed by atoms with van der Waals surface area (Å²) in [6.45, 7) is 10.3. The first-order valence-electron chi connectivity index (χ1n) is 4.41. The highest BCUT2D eigenvalue weighted by atomic mass is 16.7. The molecule has 1 heterocycles. The van der Waals surface area contributed by atoms with Gasteiger partial charge < -0.3 is 14.2 Å². The number of carbonyl (C=O) groups is 1. The van der Waals surface area contributed by atoms with E-state index in [2.05, 4.69) is 11.3 Å². The highest BCUT2D eigenvalue weighted by Gasteiger charge is 2.23. The van der Waals surface area contributed by atoms with Crippen molar-refractivity contribution in [1.82, 2.24) is 0 Å². The monoisotopic (exact) mass is 202 g/mol. The van der Waals surface area contributed by atoms with Crippen LogP contribution in [0.5, 0.6) is 0 Å². The van der Waals surface area contributed by atoms with Gasteiger partial charge in [0.2, 0.25) is 0 Å². The summed E-state index contributed by atoms with van der Waals surface area (Å²) < 4.78 is 14.5. The predicted octanol–water partition coefficient (Wildman–Crippen LogP) is 1.50. The molecule has 0 aromatic heterocycles. The molecule has 0 bridgehead atoms. The Morgan fingerprint density at radius 3 is 1.86 bits per heavy atom. The molecule has 0 radical (unpaired) electrons. The van der Waals surface area contributed by atoms with Crippen molar-refractivity contribution in [2.24, 2.45) is 0 Å². The van der Waals surface area contributed by atoms with Crippen LogP contribution in [0.2, 0.25) is 0 Å². The lowest BCUT2D eigenvalue weighted by Gasteiger charge is -2.13. The third kappa shape index (κ3) is 5.72. The third-order valence-electron chi connectivity index (χ3n) is 1.52. The SMILES string of the molecule is C=C(C)C(=O)OC.CC1(C)OCCO1. The maximum atomic E-state index is 10.2. The minimum atomic E-state index is -0.347. The van der Waals surface area contributed by atoms with Gasteiger partial charge in [-0.1, -0.05) is 6.58 Å². The second-order valence-electron chi connectivity index (χ2n) is 3.37. The molecule has 1 saturated heterocycles. The lowest BCUT2D eigenvalue weighted by atomic mass is 10.4. The van der Waals surface area contributed by atoms with Crippen LogP contribution in [0.1, 0.15) is 20.8 Å². The largest absolute Gasteiger partial charge is 0.466 e. The van der Waals surface area contributed by atoms with Gasteiger partial charge in [0, 0.05) is 5.57 Å². The number of hydrogen-bond donors (Lipinski definition) is 0. The van der Waals surface area contributed by atoms with Crippen LogP contribution in [0.3, 0.4) is 0 Å². The summed E-state index contributed by atoms with van der Waals surface area (Å²) >= 11 is 0. The van der Waals surface area contributed by atoms with Gasteiger partial charge in [0.25, 0.3) is 0 Å². The van der Waals surface area contributed by atoms with Crippen molar-refractivity contribution in [2.45, 2.75) is 26.6 Å². The van der Waals surface area contributed by atoms with Crippen LogP contribution in [0.15, 0.2) is 12.2 Å². The normalized spacial score (nSPS) is 18.0. The number of methoxy groups -OCH3 is 1. The van der Waals surface area contributed by atoms with E-state index >= 15 is 0 Å². The topological polar surface area (TPSA) is 44.8 Å². The first-order valence-corrected chi connectivity index (χ1v) is 4.41. The highest BCUT2D eigenvalue weighted by Crippen LogP contribution is 2.15. The molecule has 0 unspecified atom stereocenters. The molecule has 1 aliphatic heterocycles. The fourth-order valence-corrected chi connectivity index (χ4v) is 0.791. The lowest BCUT2D eigenvalue weighted by molar-refractivity contribution is -0.136. The molecule has 14 heavy (non-hydrogen) atoms. The van der Waals surface area contributed by atoms with Crippen LogP contribution in [0, 0.1) is 0 Å². The summed E-state index contributed by atoms with van der Waals surface area (Å²) in [7, 11) is 1.33. The second kappa shape index (κ2) is 5.78. The van der Waals surface area contributed by atoms with E-state index in [4.69, 9.17) is 9.47 Å². The predicted molar refractivity (Wildman–Crippen MR) is 52.8 cm³/mol. The van der Waals surface area contributed by atoms with E-state index in [1.54, 1.807) is 6.92 Å². The zero-order valence-electron chi connectivity index (χ0n) is 9.25. The van der Waals surface area contributed by atoms with E-state index in [1.807, 2.05) is 13.8 Å². The molecule has 0 N–H and O–H groups in total. The summed E-state index contributed by atoms with van der Waals surface area (Å²) in [5.74, 6) is -0.653. The number of carbonyl (C=O) groups excluding carboxylic acids is 1. The van der Waals surface area contributed by atoms with Crippen molar-refractivity contribution in [3.63, 3.8) is 0 Å².